The predicted molar refractivity (Wildman–Crippen MR) is 69.2 cm³/mol. The maximum Gasteiger partial charge on any atom is 0.325 e. The first kappa shape index (κ1) is 15.0. The van der Waals surface area contributed by atoms with E-state index in [1.807, 2.05) is 6.92 Å². The van der Waals surface area contributed by atoms with Crippen molar-refractivity contribution in [1.82, 2.24) is 10.2 Å². The molecule has 1 heterocycles. The van der Waals surface area contributed by atoms with Crippen LogP contribution in [0.4, 0.5) is 0 Å². The fourth-order valence-corrected chi connectivity index (χ4v) is 2.59. The van der Waals surface area contributed by atoms with Crippen LogP contribution < -0.4 is 5.32 Å². The molecule has 0 saturated carbocycles. The molecule has 18 heavy (non-hydrogen) atoms. The van der Waals surface area contributed by atoms with Crippen molar-refractivity contribution in [2.45, 2.75) is 46.2 Å². The Morgan fingerprint density at radius 3 is 2.17 bits per heavy atom. The van der Waals surface area contributed by atoms with Crippen LogP contribution in [-0.2, 0) is 9.59 Å². The van der Waals surface area contributed by atoms with Crippen LogP contribution in [0.2, 0.25) is 0 Å². The van der Waals surface area contributed by atoms with Gasteiger partial charge in [-0.1, -0.05) is 13.8 Å². The Morgan fingerprint density at radius 2 is 1.72 bits per heavy atom. The molecule has 0 bridgehead atoms. The van der Waals surface area contributed by atoms with Crippen molar-refractivity contribution < 1.29 is 14.7 Å². The average Bonchev–Trinajstić information content (AvgIpc) is 2.26. The van der Waals surface area contributed by atoms with Crippen LogP contribution in [0.15, 0.2) is 0 Å². The topological polar surface area (TPSA) is 69.6 Å². The molecule has 0 aromatic rings. The van der Waals surface area contributed by atoms with Crippen molar-refractivity contribution >= 4 is 11.9 Å². The maximum atomic E-state index is 12.0. The van der Waals surface area contributed by atoms with Gasteiger partial charge in [0.05, 0.1) is 6.04 Å². The first-order valence-electron chi connectivity index (χ1n) is 6.58. The number of carbonyl (C=O) groups excluding carboxylic acids is 1. The normalized spacial score (nSPS) is 28.4. The molecule has 1 amide bonds. The summed E-state index contributed by atoms with van der Waals surface area (Å²) in [5, 5.41) is 11.3. The second-order valence-electron chi connectivity index (χ2n) is 5.64. The minimum absolute atomic E-state index is 0.203. The van der Waals surface area contributed by atoms with Gasteiger partial charge in [0.2, 0.25) is 5.91 Å². The summed E-state index contributed by atoms with van der Waals surface area (Å²) in [6.45, 7) is 9.50. The molecule has 1 saturated heterocycles. The third-order valence-corrected chi connectivity index (χ3v) is 3.55. The molecule has 1 aliphatic heterocycles. The Bertz CT molecular complexity index is 309. The number of carbonyl (C=O) groups is 2. The van der Waals surface area contributed by atoms with Gasteiger partial charge in [0.25, 0.3) is 0 Å². The van der Waals surface area contributed by atoms with Gasteiger partial charge in [0.1, 0.15) is 6.04 Å². The number of hydrogen-bond donors (Lipinski definition) is 2. The molecule has 5 nitrogen and oxygen atoms in total. The van der Waals surface area contributed by atoms with E-state index in [1.54, 1.807) is 0 Å². The number of hydrogen-bond acceptors (Lipinski definition) is 3. The van der Waals surface area contributed by atoms with Crippen molar-refractivity contribution in [3.63, 3.8) is 0 Å². The molecule has 0 aromatic carbocycles. The fourth-order valence-electron chi connectivity index (χ4n) is 2.59. The van der Waals surface area contributed by atoms with Gasteiger partial charge in [0.15, 0.2) is 0 Å². The molecule has 1 fully saturated rings. The zero-order valence-corrected chi connectivity index (χ0v) is 11.6. The van der Waals surface area contributed by atoms with E-state index in [0.29, 0.717) is 11.8 Å². The lowest BCUT2D eigenvalue weighted by Crippen LogP contribution is -2.53. The Balaban J connectivity index is 2.55. The SMILES string of the molecule is CC1CC(C)CN(C(C)C(=O)NC(C)C(=O)O)C1. The zero-order valence-electron chi connectivity index (χ0n) is 11.6. The number of carboxylic acid groups (broad SMARTS) is 1. The molecule has 1 rings (SSSR count). The highest BCUT2D eigenvalue weighted by molar-refractivity contribution is 5.86. The molecule has 104 valence electrons. The van der Waals surface area contributed by atoms with Crippen LogP contribution in [0.1, 0.15) is 34.1 Å². The molecule has 2 N–H and O–H groups in total. The van der Waals surface area contributed by atoms with E-state index < -0.39 is 12.0 Å². The van der Waals surface area contributed by atoms with Gasteiger partial charge in [-0.3, -0.25) is 14.5 Å². The minimum Gasteiger partial charge on any atom is -0.480 e. The van der Waals surface area contributed by atoms with Crippen LogP contribution in [0.25, 0.3) is 0 Å². The van der Waals surface area contributed by atoms with E-state index in [0.717, 1.165) is 13.1 Å². The third-order valence-electron chi connectivity index (χ3n) is 3.55. The highest BCUT2D eigenvalue weighted by atomic mass is 16.4. The van der Waals surface area contributed by atoms with Crippen molar-refractivity contribution in [3.8, 4) is 0 Å². The molecule has 0 radical (unpaired) electrons. The molecular weight excluding hydrogens is 232 g/mol. The maximum absolute atomic E-state index is 12.0. The van der Waals surface area contributed by atoms with Crippen LogP contribution in [0.5, 0.6) is 0 Å². The molecule has 0 aromatic heterocycles. The summed E-state index contributed by atoms with van der Waals surface area (Å²) < 4.78 is 0. The van der Waals surface area contributed by atoms with Crippen molar-refractivity contribution in [2.75, 3.05) is 13.1 Å². The van der Waals surface area contributed by atoms with E-state index in [4.69, 9.17) is 5.11 Å². The summed E-state index contributed by atoms with van der Waals surface area (Å²) in [4.78, 5) is 24.8. The number of rotatable bonds is 4. The Labute approximate surface area is 109 Å². The summed E-state index contributed by atoms with van der Waals surface area (Å²) in [5.74, 6) is -0.0380. The molecular formula is C13H24N2O3. The summed E-state index contributed by atoms with van der Waals surface area (Å²) in [7, 11) is 0. The molecule has 4 atom stereocenters. The molecule has 1 aliphatic rings. The van der Waals surface area contributed by atoms with Gasteiger partial charge < -0.3 is 10.4 Å². The largest absolute Gasteiger partial charge is 0.480 e. The molecule has 0 aliphatic carbocycles. The van der Waals surface area contributed by atoms with Gasteiger partial charge in [-0.25, -0.2) is 0 Å². The van der Waals surface area contributed by atoms with Gasteiger partial charge in [-0.15, -0.1) is 0 Å². The highest BCUT2D eigenvalue weighted by Crippen LogP contribution is 2.22. The average molecular weight is 256 g/mol. The van der Waals surface area contributed by atoms with E-state index in [2.05, 4.69) is 24.1 Å². The second-order valence-corrected chi connectivity index (χ2v) is 5.64. The molecule has 5 heteroatoms. The Morgan fingerprint density at radius 1 is 1.22 bits per heavy atom. The lowest BCUT2D eigenvalue weighted by molar-refractivity contribution is -0.142. The monoisotopic (exact) mass is 256 g/mol. The Kier molecular flexibility index (Phi) is 5.14. The summed E-state index contributed by atoms with van der Waals surface area (Å²) in [5.41, 5.74) is 0. The van der Waals surface area contributed by atoms with E-state index in [-0.39, 0.29) is 11.9 Å². The zero-order chi connectivity index (χ0) is 13.9. The number of carboxylic acids is 1. The van der Waals surface area contributed by atoms with Crippen LogP contribution in [0, 0.1) is 11.8 Å². The lowest BCUT2D eigenvalue weighted by Gasteiger charge is -2.38. The number of nitrogens with zero attached hydrogens (tertiary/aromatic N) is 1. The van der Waals surface area contributed by atoms with Crippen LogP contribution in [0.3, 0.4) is 0 Å². The van der Waals surface area contributed by atoms with Gasteiger partial charge in [0, 0.05) is 13.1 Å². The third kappa shape index (κ3) is 3.98. The van der Waals surface area contributed by atoms with Crippen LogP contribution in [-0.4, -0.2) is 47.1 Å². The number of likely N-dealkylation sites (tertiary alicyclic amines) is 1. The smallest absolute Gasteiger partial charge is 0.325 e. The van der Waals surface area contributed by atoms with Crippen molar-refractivity contribution in [3.05, 3.63) is 0 Å². The second kappa shape index (κ2) is 6.18. The quantitative estimate of drug-likeness (QED) is 0.785. The lowest BCUT2D eigenvalue weighted by atomic mass is 9.91. The first-order chi connectivity index (χ1) is 8.31. The van der Waals surface area contributed by atoms with Crippen molar-refractivity contribution in [2.24, 2.45) is 11.8 Å². The minimum atomic E-state index is -1.00. The van der Waals surface area contributed by atoms with Crippen molar-refractivity contribution in [1.29, 1.82) is 0 Å². The van der Waals surface area contributed by atoms with Crippen LogP contribution >= 0.6 is 0 Å². The Hall–Kier alpha value is -1.10. The number of piperidine rings is 1. The van der Waals surface area contributed by atoms with Gasteiger partial charge in [-0.05, 0) is 32.1 Å². The highest BCUT2D eigenvalue weighted by Gasteiger charge is 2.29. The van der Waals surface area contributed by atoms with E-state index in [9.17, 15) is 9.59 Å². The van der Waals surface area contributed by atoms with E-state index in [1.165, 1.54) is 13.3 Å². The fraction of sp³-hybridized carbons (Fsp3) is 0.846. The first-order valence-corrected chi connectivity index (χ1v) is 6.58. The van der Waals surface area contributed by atoms with Gasteiger partial charge >= 0.3 is 5.97 Å². The summed E-state index contributed by atoms with van der Waals surface area (Å²) in [6, 6.07) is -1.10. The standard InChI is InChI=1S/C13H24N2O3/c1-8-5-9(2)7-15(6-8)11(4)12(16)14-10(3)13(17)18/h8-11H,5-7H2,1-4H3,(H,14,16)(H,17,18). The number of aliphatic carboxylic acids is 1. The summed E-state index contributed by atoms with van der Waals surface area (Å²) in [6.07, 6.45) is 1.19. The number of nitrogens with one attached hydrogen (secondary N) is 1. The molecule has 0 spiro atoms. The predicted octanol–water partition coefficient (Wildman–Crippen LogP) is 0.942. The summed E-state index contributed by atoms with van der Waals surface area (Å²) >= 11 is 0. The van der Waals surface area contributed by atoms with E-state index >= 15 is 0 Å². The molecule has 4 unspecified atom stereocenters. The number of amides is 1. The van der Waals surface area contributed by atoms with Gasteiger partial charge in [-0.2, -0.15) is 0 Å².